The number of amides is 1. The molecule has 35 heavy (non-hydrogen) atoms. The summed E-state index contributed by atoms with van der Waals surface area (Å²) in [4.78, 5) is 17.2. The fraction of sp³-hybridized carbons (Fsp3) is 0.462. The average Bonchev–Trinajstić information content (AvgIpc) is 3.29. The summed E-state index contributed by atoms with van der Waals surface area (Å²) < 4.78 is 16.3. The third-order valence-electron chi connectivity index (χ3n) is 6.96. The lowest BCUT2D eigenvalue weighted by Crippen LogP contribution is -2.45. The van der Waals surface area contributed by atoms with Gasteiger partial charge in [0.05, 0.1) is 31.5 Å². The smallest absolute Gasteiger partial charge is 0.253 e. The molecule has 1 spiro atoms. The summed E-state index contributed by atoms with van der Waals surface area (Å²) in [7, 11) is 3.17. The quantitative estimate of drug-likeness (QED) is 0.536. The average molecular weight is 518 g/mol. The zero-order valence-electron chi connectivity index (χ0n) is 20.4. The first kappa shape index (κ1) is 25.4. The molecule has 2 aliphatic heterocycles. The standard InChI is InChI=1S/C26H32ClN3O4S/c1-4-34-19-7-5-18(6-8-19)24(31)29-12-9-26(10-13-29)11-14-30(17-26)25(35)28-21-16-22(32-2)20(27)15-23(21)33-3/h5-8,15-16H,4,9-14,17H2,1-3H3,(H,28,35). The molecule has 2 aliphatic rings. The van der Waals surface area contributed by atoms with Gasteiger partial charge in [-0.2, -0.15) is 0 Å². The van der Waals surface area contributed by atoms with E-state index in [9.17, 15) is 4.79 Å². The van der Waals surface area contributed by atoms with Gasteiger partial charge in [0.2, 0.25) is 0 Å². The molecule has 2 heterocycles. The van der Waals surface area contributed by atoms with Crippen LogP contribution in [0.3, 0.4) is 0 Å². The van der Waals surface area contributed by atoms with Crippen LogP contribution >= 0.6 is 23.8 Å². The summed E-state index contributed by atoms with van der Waals surface area (Å²) in [5, 5.41) is 4.44. The molecule has 2 aromatic carbocycles. The molecule has 9 heteroatoms. The predicted molar refractivity (Wildman–Crippen MR) is 142 cm³/mol. The van der Waals surface area contributed by atoms with Crippen LogP contribution in [0.5, 0.6) is 17.2 Å². The maximum absolute atomic E-state index is 13.0. The Morgan fingerprint density at radius 1 is 1.03 bits per heavy atom. The van der Waals surface area contributed by atoms with Gasteiger partial charge in [-0.1, -0.05) is 11.6 Å². The van der Waals surface area contributed by atoms with Crippen LogP contribution < -0.4 is 19.5 Å². The number of ether oxygens (including phenoxy) is 3. The second-order valence-corrected chi connectivity index (χ2v) is 9.83. The molecule has 2 saturated heterocycles. The number of methoxy groups -OCH3 is 2. The van der Waals surface area contributed by atoms with Crippen molar-refractivity contribution in [1.82, 2.24) is 9.80 Å². The Morgan fingerprint density at radius 2 is 1.66 bits per heavy atom. The van der Waals surface area contributed by atoms with Crippen molar-refractivity contribution in [3.8, 4) is 17.2 Å². The van der Waals surface area contributed by atoms with Gasteiger partial charge in [-0.15, -0.1) is 0 Å². The van der Waals surface area contributed by atoms with Crippen molar-refractivity contribution < 1.29 is 19.0 Å². The minimum atomic E-state index is 0.0821. The minimum Gasteiger partial charge on any atom is -0.495 e. The number of halogens is 1. The lowest BCUT2D eigenvalue weighted by atomic mass is 9.77. The molecule has 7 nitrogen and oxygen atoms in total. The predicted octanol–water partition coefficient (Wildman–Crippen LogP) is 5.08. The Labute approximate surface area is 217 Å². The maximum Gasteiger partial charge on any atom is 0.253 e. The van der Waals surface area contributed by atoms with Gasteiger partial charge < -0.3 is 29.3 Å². The SMILES string of the molecule is CCOc1ccc(C(=O)N2CCC3(CC2)CCN(C(=S)Nc2cc(OC)c(Cl)cc2OC)C3)cc1. The number of carbonyl (C=O) groups excluding carboxylic acids is 1. The van der Waals surface area contributed by atoms with Crippen LogP contribution in [0.15, 0.2) is 36.4 Å². The number of benzene rings is 2. The first-order valence-corrected chi connectivity index (χ1v) is 12.7. The molecule has 4 rings (SSSR count). The number of rotatable bonds is 6. The number of nitrogens with zero attached hydrogens (tertiary/aromatic N) is 2. The van der Waals surface area contributed by atoms with E-state index >= 15 is 0 Å². The van der Waals surface area contributed by atoms with E-state index in [0.29, 0.717) is 33.8 Å². The van der Waals surface area contributed by atoms with Gasteiger partial charge in [0.1, 0.15) is 17.2 Å². The summed E-state index contributed by atoms with van der Waals surface area (Å²) in [6, 6.07) is 10.9. The Morgan fingerprint density at radius 3 is 2.26 bits per heavy atom. The Balaban J connectivity index is 1.34. The number of hydrogen-bond donors (Lipinski definition) is 1. The highest BCUT2D eigenvalue weighted by Gasteiger charge is 2.42. The molecule has 188 valence electrons. The van der Waals surface area contributed by atoms with Gasteiger partial charge in [0, 0.05) is 43.9 Å². The second-order valence-electron chi connectivity index (χ2n) is 9.04. The normalized spacial score (nSPS) is 16.8. The molecule has 2 fully saturated rings. The lowest BCUT2D eigenvalue weighted by molar-refractivity contribution is 0.0599. The lowest BCUT2D eigenvalue weighted by Gasteiger charge is -2.39. The number of piperidine rings is 1. The van der Waals surface area contributed by atoms with E-state index in [1.54, 1.807) is 26.4 Å². The molecule has 1 N–H and O–H groups in total. The topological polar surface area (TPSA) is 63.3 Å². The van der Waals surface area contributed by atoms with Crippen LogP contribution in [0.1, 0.15) is 36.5 Å². The van der Waals surface area contributed by atoms with E-state index in [1.807, 2.05) is 36.1 Å². The van der Waals surface area contributed by atoms with E-state index in [4.69, 9.17) is 38.0 Å². The number of carbonyl (C=O) groups is 1. The molecular formula is C26H32ClN3O4S. The summed E-state index contributed by atoms with van der Waals surface area (Å²) in [5.41, 5.74) is 1.59. The number of likely N-dealkylation sites (tertiary alicyclic amines) is 2. The molecule has 0 aliphatic carbocycles. The van der Waals surface area contributed by atoms with E-state index in [2.05, 4.69) is 10.2 Å². The number of anilines is 1. The van der Waals surface area contributed by atoms with Crippen molar-refractivity contribution >= 4 is 40.5 Å². The maximum atomic E-state index is 13.0. The fourth-order valence-corrected chi connectivity index (χ4v) is 5.39. The van der Waals surface area contributed by atoms with Crippen molar-refractivity contribution in [2.45, 2.75) is 26.2 Å². The molecule has 0 atom stereocenters. The van der Waals surface area contributed by atoms with Gasteiger partial charge >= 0.3 is 0 Å². The van der Waals surface area contributed by atoms with Gasteiger partial charge in [-0.05, 0) is 68.1 Å². The Hall–Kier alpha value is -2.71. The summed E-state index contributed by atoms with van der Waals surface area (Å²) in [5.74, 6) is 2.03. The number of hydrogen-bond acceptors (Lipinski definition) is 5. The van der Waals surface area contributed by atoms with Crippen molar-refractivity contribution in [3.05, 3.63) is 47.0 Å². The van der Waals surface area contributed by atoms with Crippen molar-refractivity contribution in [2.75, 3.05) is 52.3 Å². The van der Waals surface area contributed by atoms with Gasteiger partial charge in [0.15, 0.2) is 5.11 Å². The largest absolute Gasteiger partial charge is 0.495 e. The Bertz CT molecular complexity index is 1070. The fourth-order valence-electron chi connectivity index (χ4n) is 4.90. The third-order valence-corrected chi connectivity index (χ3v) is 7.62. The van der Waals surface area contributed by atoms with Crippen molar-refractivity contribution in [2.24, 2.45) is 5.41 Å². The summed E-state index contributed by atoms with van der Waals surface area (Å²) in [6.07, 6.45) is 2.99. The summed E-state index contributed by atoms with van der Waals surface area (Å²) in [6.45, 7) is 5.81. The van der Waals surface area contributed by atoms with Crippen molar-refractivity contribution in [1.29, 1.82) is 0 Å². The molecule has 0 bridgehead atoms. The highest BCUT2D eigenvalue weighted by molar-refractivity contribution is 7.80. The minimum absolute atomic E-state index is 0.0821. The highest BCUT2D eigenvalue weighted by Crippen LogP contribution is 2.41. The third kappa shape index (κ3) is 5.59. The van der Waals surface area contributed by atoms with Gasteiger partial charge in [0.25, 0.3) is 5.91 Å². The van der Waals surface area contributed by atoms with Crippen LogP contribution in [0.25, 0.3) is 0 Å². The summed E-state index contributed by atoms with van der Waals surface area (Å²) >= 11 is 12.0. The molecule has 0 saturated carbocycles. The zero-order valence-corrected chi connectivity index (χ0v) is 22.0. The van der Waals surface area contributed by atoms with E-state index in [1.165, 1.54) is 0 Å². The molecule has 0 aromatic heterocycles. The Kier molecular flexibility index (Phi) is 7.91. The van der Waals surface area contributed by atoms with E-state index < -0.39 is 0 Å². The van der Waals surface area contributed by atoms with E-state index in [-0.39, 0.29) is 11.3 Å². The molecule has 0 unspecified atom stereocenters. The van der Waals surface area contributed by atoms with Crippen LogP contribution in [0.4, 0.5) is 5.69 Å². The van der Waals surface area contributed by atoms with Crippen molar-refractivity contribution in [3.63, 3.8) is 0 Å². The van der Waals surface area contributed by atoms with Crippen LogP contribution in [-0.2, 0) is 0 Å². The highest BCUT2D eigenvalue weighted by atomic mass is 35.5. The molecule has 0 radical (unpaired) electrons. The number of nitrogens with one attached hydrogen (secondary N) is 1. The van der Waals surface area contributed by atoms with Crippen LogP contribution in [-0.4, -0.2) is 67.8 Å². The van der Waals surface area contributed by atoms with Crippen LogP contribution in [0.2, 0.25) is 5.02 Å². The molecule has 1 amide bonds. The van der Waals surface area contributed by atoms with Crippen LogP contribution in [0, 0.1) is 5.41 Å². The van der Waals surface area contributed by atoms with Gasteiger partial charge in [-0.25, -0.2) is 0 Å². The first-order chi connectivity index (χ1) is 16.9. The molecular weight excluding hydrogens is 486 g/mol. The molecule has 2 aromatic rings. The second kappa shape index (κ2) is 10.9. The van der Waals surface area contributed by atoms with E-state index in [0.717, 1.165) is 56.9 Å². The van der Waals surface area contributed by atoms with Gasteiger partial charge in [-0.3, -0.25) is 4.79 Å². The monoisotopic (exact) mass is 517 g/mol. The number of thiocarbonyl (C=S) groups is 1. The zero-order chi connectivity index (χ0) is 25.0. The first-order valence-electron chi connectivity index (χ1n) is 11.9.